The number of aryl methyl sites for hydroxylation is 1. The molecule has 0 aliphatic carbocycles. The zero-order chi connectivity index (χ0) is 13.5. The van der Waals surface area contributed by atoms with Gasteiger partial charge in [0, 0.05) is 11.6 Å². The van der Waals surface area contributed by atoms with Gasteiger partial charge in [0.2, 0.25) is 0 Å². The van der Waals surface area contributed by atoms with Crippen LogP contribution in [-0.4, -0.2) is 6.54 Å². The van der Waals surface area contributed by atoms with Crippen molar-refractivity contribution in [3.8, 4) is 0 Å². The predicted molar refractivity (Wildman–Crippen MR) is 76.2 cm³/mol. The van der Waals surface area contributed by atoms with Crippen LogP contribution in [0.25, 0.3) is 0 Å². The van der Waals surface area contributed by atoms with Crippen LogP contribution in [0.3, 0.4) is 0 Å². The third-order valence-corrected chi connectivity index (χ3v) is 3.26. The number of halogens is 1. The summed E-state index contributed by atoms with van der Waals surface area (Å²) in [6.45, 7) is 9.33. The van der Waals surface area contributed by atoms with Gasteiger partial charge < -0.3 is 5.32 Å². The van der Waals surface area contributed by atoms with Crippen molar-refractivity contribution in [3.63, 3.8) is 0 Å². The molecule has 0 aromatic heterocycles. The van der Waals surface area contributed by atoms with Gasteiger partial charge in [-0.2, -0.15) is 0 Å². The summed E-state index contributed by atoms with van der Waals surface area (Å²) in [6, 6.07) is 5.69. The summed E-state index contributed by atoms with van der Waals surface area (Å²) in [6.07, 6.45) is 3.35. The molecule has 1 nitrogen and oxygen atoms in total. The average Bonchev–Trinajstić information content (AvgIpc) is 2.28. The Hall–Kier alpha value is -0.890. The number of benzene rings is 1. The number of hydrogen-bond donors (Lipinski definition) is 1. The largest absolute Gasteiger partial charge is 0.310 e. The first-order valence-electron chi connectivity index (χ1n) is 7.04. The lowest BCUT2D eigenvalue weighted by atomic mass is 9.97. The summed E-state index contributed by atoms with van der Waals surface area (Å²) < 4.78 is 14.0. The third-order valence-electron chi connectivity index (χ3n) is 3.26. The van der Waals surface area contributed by atoms with E-state index >= 15 is 0 Å². The lowest BCUT2D eigenvalue weighted by molar-refractivity contribution is 0.441. The summed E-state index contributed by atoms with van der Waals surface area (Å²) >= 11 is 0. The topological polar surface area (TPSA) is 12.0 Å². The van der Waals surface area contributed by atoms with Crippen molar-refractivity contribution in [1.82, 2.24) is 5.32 Å². The van der Waals surface area contributed by atoms with Gasteiger partial charge in [0.05, 0.1) is 0 Å². The van der Waals surface area contributed by atoms with Crippen LogP contribution in [0.1, 0.15) is 57.2 Å². The van der Waals surface area contributed by atoms with Crippen LogP contribution in [0.15, 0.2) is 18.2 Å². The van der Waals surface area contributed by atoms with Crippen LogP contribution in [0.2, 0.25) is 0 Å². The highest BCUT2D eigenvalue weighted by Crippen LogP contribution is 2.24. The Morgan fingerprint density at radius 2 is 1.94 bits per heavy atom. The lowest BCUT2D eigenvalue weighted by Gasteiger charge is -2.19. The molecule has 2 heteroatoms. The molecule has 0 aliphatic rings. The van der Waals surface area contributed by atoms with Gasteiger partial charge in [-0.15, -0.1) is 0 Å². The molecule has 0 spiro atoms. The van der Waals surface area contributed by atoms with Gasteiger partial charge in [0.25, 0.3) is 0 Å². The van der Waals surface area contributed by atoms with E-state index in [-0.39, 0.29) is 11.9 Å². The average molecular weight is 251 g/mol. The second-order valence-corrected chi connectivity index (χ2v) is 5.46. The smallest absolute Gasteiger partial charge is 0.128 e. The van der Waals surface area contributed by atoms with Crippen molar-refractivity contribution in [1.29, 1.82) is 0 Å². The van der Waals surface area contributed by atoms with E-state index in [9.17, 15) is 4.39 Å². The first-order valence-corrected chi connectivity index (χ1v) is 7.04. The van der Waals surface area contributed by atoms with Gasteiger partial charge in [-0.25, -0.2) is 4.39 Å². The second-order valence-electron chi connectivity index (χ2n) is 5.46. The monoisotopic (exact) mass is 251 g/mol. The minimum atomic E-state index is -0.0782. The van der Waals surface area contributed by atoms with Gasteiger partial charge in [0.15, 0.2) is 0 Å². The summed E-state index contributed by atoms with van der Waals surface area (Å²) in [5.41, 5.74) is 1.79. The molecular formula is C16H26FN. The Kier molecular flexibility index (Phi) is 6.34. The molecule has 0 bridgehead atoms. The molecule has 1 atom stereocenters. The quantitative estimate of drug-likeness (QED) is 0.746. The maximum atomic E-state index is 14.0. The molecule has 0 radical (unpaired) electrons. The standard InChI is InChI=1S/C16H26FN/c1-5-18-16(8-6-7-12(2)3)14-10-9-13(4)11-15(14)17/h9-12,16,18H,5-8H2,1-4H3. The molecule has 1 N–H and O–H groups in total. The van der Waals surface area contributed by atoms with Gasteiger partial charge in [-0.3, -0.25) is 0 Å². The van der Waals surface area contributed by atoms with Crippen molar-refractivity contribution in [2.24, 2.45) is 5.92 Å². The molecule has 0 fully saturated rings. The molecule has 0 saturated carbocycles. The van der Waals surface area contributed by atoms with Crippen LogP contribution in [0.4, 0.5) is 4.39 Å². The van der Waals surface area contributed by atoms with E-state index in [1.165, 1.54) is 6.42 Å². The van der Waals surface area contributed by atoms with E-state index in [1.807, 2.05) is 19.1 Å². The van der Waals surface area contributed by atoms with Crippen LogP contribution >= 0.6 is 0 Å². The highest BCUT2D eigenvalue weighted by atomic mass is 19.1. The Morgan fingerprint density at radius 1 is 1.22 bits per heavy atom. The van der Waals surface area contributed by atoms with Crippen LogP contribution in [0, 0.1) is 18.7 Å². The Morgan fingerprint density at radius 3 is 2.50 bits per heavy atom. The molecule has 102 valence electrons. The van der Waals surface area contributed by atoms with E-state index in [1.54, 1.807) is 6.07 Å². The Balaban J connectivity index is 2.70. The Bertz CT molecular complexity index is 360. The molecule has 0 amide bonds. The van der Waals surface area contributed by atoms with Crippen LogP contribution < -0.4 is 5.32 Å². The Labute approximate surface area is 111 Å². The van der Waals surface area contributed by atoms with Gasteiger partial charge >= 0.3 is 0 Å². The summed E-state index contributed by atoms with van der Waals surface area (Å²) in [7, 11) is 0. The van der Waals surface area contributed by atoms with Crippen molar-refractivity contribution in [2.75, 3.05) is 6.54 Å². The predicted octanol–water partition coefficient (Wildman–Crippen LogP) is 4.61. The normalized spacial score (nSPS) is 13.0. The fraction of sp³-hybridized carbons (Fsp3) is 0.625. The molecule has 0 saturated heterocycles. The molecular weight excluding hydrogens is 225 g/mol. The first kappa shape index (κ1) is 15.2. The summed E-state index contributed by atoms with van der Waals surface area (Å²) in [4.78, 5) is 0. The van der Waals surface area contributed by atoms with E-state index in [0.717, 1.165) is 36.4 Å². The van der Waals surface area contributed by atoms with Crippen molar-refractivity contribution in [3.05, 3.63) is 35.1 Å². The molecule has 1 aromatic carbocycles. The molecule has 0 heterocycles. The van der Waals surface area contributed by atoms with Gasteiger partial charge in [0.1, 0.15) is 5.82 Å². The lowest BCUT2D eigenvalue weighted by Crippen LogP contribution is -2.22. The van der Waals surface area contributed by atoms with E-state index in [4.69, 9.17) is 0 Å². The number of hydrogen-bond acceptors (Lipinski definition) is 1. The highest BCUT2D eigenvalue weighted by molar-refractivity contribution is 5.26. The molecule has 0 aliphatic heterocycles. The van der Waals surface area contributed by atoms with Crippen molar-refractivity contribution < 1.29 is 4.39 Å². The van der Waals surface area contributed by atoms with Gasteiger partial charge in [-0.1, -0.05) is 45.7 Å². The zero-order valence-corrected chi connectivity index (χ0v) is 12.1. The van der Waals surface area contributed by atoms with E-state index in [2.05, 4.69) is 26.1 Å². The van der Waals surface area contributed by atoms with E-state index in [0.29, 0.717) is 0 Å². The highest BCUT2D eigenvalue weighted by Gasteiger charge is 2.14. The number of rotatable bonds is 7. The maximum Gasteiger partial charge on any atom is 0.128 e. The fourth-order valence-corrected chi connectivity index (χ4v) is 2.26. The van der Waals surface area contributed by atoms with Crippen LogP contribution in [-0.2, 0) is 0 Å². The molecule has 1 aromatic rings. The molecule has 18 heavy (non-hydrogen) atoms. The zero-order valence-electron chi connectivity index (χ0n) is 12.1. The second kappa shape index (κ2) is 7.52. The summed E-state index contributed by atoms with van der Waals surface area (Å²) in [5, 5.41) is 3.39. The maximum absolute atomic E-state index is 14.0. The van der Waals surface area contributed by atoms with Crippen molar-refractivity contribution >= 4 is 0 Å². The van der Waals surface area contributed by atoms with Crippen molar-refractivity contribution in [2.45, 2.75) is 53.0 Å². The number of nitrogens with one attached hydrogen (secondary N) is 1. The molecule has 1 unspecified atom stereocenters. The van der Waals surface area contributed by atoms with Crippen LogP contribution in [0.5, 0.6) is 0 Å². The molecule has 1 rings (SSSR count). The first-order chi connectivity index (χ1) is 8.54. The van der Waals surface area contributed by atoms with E-state index < -0.39 is 0 Å². The minimum Gasteiger partial charge on any atom is -0.310 e. The fourth-order valence-electron chi connectivity index (χ4n) is 2.26. The third kappa shape index (κ3) is 4.77. The van der Waals surface area contributed by atoms with Gasteiger partial charge in [-0.05, 0) is 37.4 Å². The summed E-state index contributed by atoms with van der Waals surface area (Å²) in [5.74, 6) is 0.639. The SMILES string of the molecule is CCNC(CCCC(C)C)c1ccc(C)cc1F. The minimum absolute atomic E-state index is 0.0782.